The van der Waals surface area contributed by atoms with Crippen LogP contribution in [0.1, 0.15) is 34.0 Å². The second-order valence-corrected chi connectivity index (χ2v) is 7.54. The first-order chi connectivity index (χ1) is 13.4. The molecule has 0 aliphatic carbocycles. The lowest BCUT2D eigenvalue weighted by Gasteiger charge is -2.18. The fraction of sp³-hybridized carbons (Fsp3) is 0.192. The van der Waals surface area contributed by atoms with Crippen LogP contribution in [-0.4, -0.2) is 24.3 Å². The number of rotatable bonds is 7. The molecule has 3 rings (SSSR count). The summed E-state index contributed by atoms with van der Waals surface area (Å²) in [7, 11) is 2.12. The van der Waals surface area contributed by atoms with Crippen LogP contribution in [0.2, 0.25) is 0 Å². The maximum absolute atomic E-state index is 12.6. The fourth-order valence-corrected chi connectivity index (χ4v) is 3.43. The van der Waals surface area contributed by atoms with Gasteiger partial charge in [0.2, 0.25) is 0 Å². The van der Waals surface area contributed by atoms with Gasteiger partial charge in [-0.2, -0.15) is 0 Å². The topological polar surface area (TPSA) is 20.3 Å². The van der Waals surface area contributed by atoms with E-state index >= 15 is 0 Å². The summed E-state index contributed by atoms with van der Waals surface area (Å²) in [5.41, 5.74) is 7.48. The van der Waals surface area contributed by atoms with Crippen LogP contribution < -0.4 is 0 Å². The van der Waals surface area contributed by atoms with Gasteiger partial charge in [-0.15, -0.1) is 12.4 Å². The summed E-state index contributed by atoms with van der Waals surface area (Å²) in [6.45, 7) is 10.0. The van der Waals surface area contributed by atoms with E-state index < -0.39 is 0 Å². The van der Waals surface area contributed by atoms with E-state index in [0.717, 1.165) is 18.7 Å². The van der Waals surface area contributed by atoms with Crippen LogP contribution >= 0.6 is 12.4 Å². The molecule has 3 aromatic carbocycles. The van der Waals surface area contributed by atoms with Crippen LogP contribution in [0, 0.1) is 6.92 Å². The minimum atomic E-state index is 0. The van der Waals surface area contributed by atoms with E-state index in [1.54, 1.807) is 0 Å². The van der Waals surface area contributed by atoms with Gasteiger partial charge in [0.05, 0.1) is 0 Å². The number of likely N-dealkylation sites (N-methyl/N-ethyl adjacent to an activating group) is 1. The minimum absolute atomic E-state index is 0. The van der Waals surface area contributed by atoms with E-state index in [1.165, 1.54) is 22.3 Å². The smallest absolute Gasteiger partial charge is 0.193 e. The molecule has 0 fully saturated rings. The van der Waals surface area contributed by atoms with Crippen LogP contribution in [0.15, 0.2) is 84.9 Å². The molecule has 0 amide bonds. The number of aryl methyl sites for hydroxylation is 1. The molecule has 0 saturated heterocycles. The van der Waals surface area contributed by atoms with Crippen LogP contribution in [0.4, 0.5) is 0 Å². The lowest BCUT2D eigenvalue weighted by atomic mass is 9.97. The number of ketones is 1. The van der Waals surface area contributed by atoms with Crippen molar-refractivity contribution in [2.75, 3.05) is 13.6 Å². The molecule has 0 aromatic heterocycles. The minimum Gasteiger partial charge on any atom is -0.298 e. The van der Waals surface area contributed by atoms with Gasteiger partial charge in [-0.1, -0.05) is 84.9 Å². The standard InChI is InChI=1S/C26H27NO.ClH/c1-19(2)17-27(4)18-25-15-14-24(16-20(25)3)21-10-12-23(13-11-21)26(28)22-8-6-5-7-9-22;/h5-16H,1,17-18H2,2-4H3;1H. The lowest BCUT2D eigenvalue weighted by molar-refractivity contribution is 0.103. The third-order valence-electron chi connectivity index (χ3n) is 4.84. The van der Waals surface area contributed by atoms with Gasteiger partial charge in [-0.25, -0.2) is 0 Å². The zero-order valence-corrected chi connectivity index (χ0v) is 18.1. The Balaban J connectivity index is 0.00000300. The summed E-state index contributed by atoms with van der Waals surface area (Å²) in [6.07, 6.45) is 0. The maximum atomic E-state index is 12.6. The van der Waals surface area contributed by atoms with Gasteiger partial charge >= 0.3 is 0 Å². The molecule has 0 saturated carbocycles. The largest absolute Gasteiger partial charge is 0.298 e. The van der Waals surface area contributed by atoms with Crippen molar-refractivity contribution in [3.8, 4) is 11.1 Å². The third-order valence-corrected chi connectivity index (χ3v) is 4.84. The first kappa shape index (κ1) is 22.6. The summed E-state index contributed by atoms with van der Waals surface area (Å²) < 4.78 is 0. The van der Waals surface area contributed by atoms with Gasteiger partial charge < -0.3 is 0 Å². The summed E-state index contributed by atoms with van der Waals surface area (Å²) >= 11 is 0. The predicted molar refractivity (Wildman–Crippen MR) is 125 cm³/mol. The second-order valence-electron chi connectivity index (χ2n) is 7.54. The van der Waals surface area contributed by atoms with E-state index in [0.29, 0.717) is 11.1 Å². The molecule has 0 radical (unpaired) electrons. The monoisotopic (exact) mass is 405 g/mol. The Morgan fingerprint density at radius 3 is 2.07 bits per heavy atom. The van der Waals surface area contributed by atoms with E-state index in [-0.39, 0.29) is 18.2 Å². The number of hydrogen-bond donors (Lipinski definition) is 0. The van der Waals surface area contributed by atoms with E-state index in [4.69, 9.17) is 0 Å². The summed E-state index contributed by atoms with van der Waals surface area (Å²) in [5, 5.41) is 0. The Morgan fingerprint density at radius 1 is 0.897 bits per heavy atom. The molecule has 0 bridgehead atoms. The molecule has 29 heavy (non-hydrogen) atoms. The molecule has 0 aliphatic rings. The van der Waals surface area contributed by atoms with E-state index in [1.807, 2.05) is 54.6 Å². The molecule has 0 atom stereocenters. The van der Waals surface area contributed by atoms with Gasteiger partial charge in [-0.3, -0.25) is 9.69 Å². The van der Waals surface area contributed by atoms with Gasteiger partial charge in [0.1, 0.15) is 0 Å². The van der Waals surface area contributed by atoms with Crippen LogP contribution in [0.5, 0.6) is 0 Å². The quantitative estimate of drug-likeness (QED) is 0.338. The van der Waals surface area contributed by atoms with Crippen molar-refractivity contribution in [1.82, 2.24) is 4.90 Å². The number of nitrogens with zero attached hydrogens (tertiary/aromatic N) is 1. The summed E-state index contributed by atoms with van der Waals surface area (Å²) in [5.74, 6) is 0.0548. The molecule has 2 nitrogen and oxygen atoms in total. The maximum Gasteiger partial charge on any atom is 0.193 e. The third kappa shape index (κ3) is 5.90. The van der Waals surface area contributed by atoms with Crippen molar-refractivity contribution in [2.24, 2.45) is 0 Å². The molecular formula is C26H28ClNO. The fourth-order valence-electron chi connectivity index (χ4n) is 3.43. The van der Waals surface area contributed by atoms with Crippen LogP contribution in [0.3, 0.4) is 0 Å². The molecule has 0 unspecified atom stereocenters. The molecule has 0 heterocycles. The molecule has 0 spiro atoms. The molecular weight excluding hydrogens is 378 g/mol. The Kier molecular flexibility index (Phi) is 7.95. The van der Waals surface area contributed by atoms with Crippen LogP contribution in [0.25, 0.3) is 11.1 Å². The van der Waals surface area contributed by atoms with Crippen molar-refractivity contribution in [3.05, 3.63) is 107 Å². The highest BCUT2D eigenvalue weighted by Gasteiger charge is 2.10. The second kappa shape index (κ2) is 10.2. The Hall–Kier alpha value is -2.68. The number of hydrogen-bond acceptors (Lipinski definition) is 2. The van der Waals surface area contributed by atoms with E-state index in [2.05, 4.69) is 50.6 Å². The number of carbonyl (C=O) groups excluding carboxylic acids is 1. The molecule has 0 N–H and O–H groups in total. The lowest BCUT2D eigenvalue weighted by Crippen LogP contribution is -2.20. The van der Waals surface area contributed by atoms with Gasteiger partial charge in [-0.05, 0) is 43.1 Å². The average molecular weight is 406 g/mol. The normalized spacial score (nSPS) is 10.5. The van der Waals surface area contributed by atoms with Gasteiger partial charge in [0.25, 0.3) is 0 Å². The highest BCUT2D eigenvalue weighted by molar-refractivity contribution is 6.09. The highest BCUT2D eigenvalue weighted by Crippen LogP contribution is 2.24. The zero-order valence-electron chi connectivity index (χ0n) is 17.3. The highest BCUT2D eigenvalue weighted by atomic mass is 35.5. The predicted octanol–water partition coefficient (Wildman–Crippen LogP) is 6.32. The Bertz CT molecular complexity index is 977. The summed E-state index contributed by atoms with van der Waals surface area (Å²) in [6, 6.07) is 23.8. The van der Waals surface area contributed by atoms with Crippen molar-refractivity contribution in [2.45, 2.75) is 20.4 Å². The molecule has 3 heteroatoms. The van der Waals surface area contributed by atoms with Crippen molar-refractivity contribution < 1.29 is 4.79 Å². The summed E-state index contributed by atoms with van der Waals surface area (Å²) in [4.78, 5) is 14.8. The first-order valence-electron chi connectivity index (χ1n) is 9.56. The van der Waals surface area contributed by atoms with Crippen LogP contribution in [-0.2, 0) is 6.54 Å². The Labute approximate surface area is 180 Å². The van der Waals surface area contributed by atoms with Crippen molar-refractivity contribution in [1.29, 1.82) is 0 Å². The zero-order chi connectivity index (χ0) is 20.1. The Morgan fingerprint density at radius 2 is 1.48 bits per heavy atom. The SMILES string of the molecule is C=C(C)CN(C)Cc1ccc(-c2ccc(C(=O)c3ccccc3)cc2)cc1C.Cl. The number of halogens is 1. The number of benzene rings is 3. The molecule has 150 valence electrons. The van der Waals surface area contributed by atoms with Gasteiger partial charge in [0.15, 0.2) is 5.78 Å². The molecule has 0 aliphatic heterocycles. The van der Waals surface area contributed by atoms with Crippen molar-refractivity contribution in [3.63, 3.8) is 0 Å². The first-order valence-corrected chi connectivity index (χ1v) is 9.56. The van der Waals surface area contributed by atoms with E-state index in [9.17, 15) is 4.79 Å². The number of carbonyl (C=O) groups is 1. The van der Waals surface area contributed by atoms with Gasteiger partial charge in [0, 0.05) is 24.2 Å². The average Bonchev–Trinajstić information content (AvgIpc) is 2.69. The van der Waals surface area contributed by atoms with Crippen molar-refractivity contribution >= 4 is 18.2 Å². The molecule has 3 aromatic rings.